The lowest BCUT2D eigenvalue weighted by atomic mass is 10.0. The molecule has 0 spiro atoms. The first-order chi connectivity index (χ1) is 10.9. The number of anilines is 1. The van der Waals surface area contributed by atoms with Crippen LogP contribution in [0.5, 0.6) is 0 Å². The fourth-order valence-electron chi connectivity index (χ4n) is 0.758. The van der Waals surface area contributed by atoms with Gasteiger partial charge in [-0.3, -0.25) is 0 Å². The minimum Gasteiger partial charge on any atom is -0.348 e. The summed E-state index contributed by atoms with van der Waals surface area (Å²) < 4.78 is 95.1. The second-order valence-corrected chi connectivity index (χ2v) is 3.79. The van der Waals surface area contributed by atoms with Gasteiger partial charge in [-0.05, 0) is 34.6 Å². The Kier molecular flexibility index (Phi) is 0.832. The van der Waals surface area contributed by atoms with Gasteiger partial charge in [0.2, 0.25) is 0 Å². The summed E-state index contributed by atoms with van der Waals surface area (Å²) in [6.07, 6.45) is -7.23. The van der Waals surface area contributed by atoms with Gasteiger partial charge in [-0.1, -0.05) is 6.85 Å². The van der Waals surface area contributed by atoms with Crippen molar-refractivity contribution in [2.75, 3.05) is 17.9 Å². The Hall–Kier alpha value is -0.0900. The van der Waals surface area contributed by atoms with Gasteiger partial charge in [0.05, 0.1) is 0 Å². The maximum Gasteiger partial charge on any atom is 0.186 e. The Balaban J connectivity index is 2.90. The van der Waals surface area contributed by atoms with Crippen molar-refractivity contribution < 1.29 is 16.4 Å². The molecule has 1 saturated heterocycles. The van der Waals surface area contributed by atoms with Gasteiger partial charge in [0, 0.05) is 34.8 Å². The van der Waals surface area contributed by atoms with Gasteiger partial charge >= 0.3 is 0 Å². The van der Waals surface area contributed by atoms with Crippen LogP contribution >= 0.6 is 27.3 Å². The third-order valence-corrected chi connectivity index (χ3v) is 2.77. The molecule has 0 N–H and O–H groups in total. The molecule has 2 heterocycles. The van der Waals surface area contributed by atoms with Crippen molar-refractivity contribution in [1.82, 2.24) is 4.98 Å². The van der Waals surface area contributed by atoms with Crippen LogP contribution in [0.25, 0.3) is 0 Å². The van der Waals surface area contributed by atoms with Crippen molar-refractivity contribution in [2.24, 2.45) is 5.89 Å². The van der Waals surface area contributed by atoms with Crippen LogP contribution < -0.4 is 4.90 Å². The Morgan fingerprint density at radius 2 is 2.92 bits per heavy atom. The molecule has 72 valence electrons. The van der Waals surface area contributed by atoms with Crippen molar-refractivity contribution in [3.8, 4) is 0 Å². The molecular formula is C9H13BrN2S. The smallest absolute Gasteiger partial charge is 0.186 e. The molecule has 13 heavy (non-hydrogen) atoms. The summed E-state index contributed by atoms with van der Waals surface area (Å²) in [4.78, 5) is 3.93. The summed E-state index contributed by atoms with van der Waals surface area (Å²) in [5.74, 6) is -3.64. The second-order valence-electron chi connectivity index (χ2n) is 2.14. The summed E-state index contributed by atoms with van der Waals surface area (Å²) in [7, 11) is 0. The Morgan fingerprint density at radius 3 is 3.62 bits per heavy atom. The zero-order chi connectivity index (χ0) is 19.9. The highest BCUT2D eigenvalue weighted by atomic mass is 79.9. The van der Waals surface area contributed by atoms with Crippen molar-refractivity contribution in [2.45, 2.75) is 19.6 Å². The van der Waals surface area contributed by atoms with E-state index in [1.54, 1.807) is 0 Å². The highest BCUT2D eigenvalue weighted by Gasteiger charge is 2.18. The quantitative estimate of drug-likeness (QED) is 0.781. The molecule has 2 nitrogen and oxygen atoms in total. The molecule has 0 amide bonds. The van der Waals surface area contributed by atoms with Gasteiger partial charge in [0.25, 0.3) is 0 Å². The monoisotopic (exact) mass is 272 g/mol. The molecule has 0 aliphatic carbocycles. The normalized spacial score (nSPS) is 59.3. The second kappa shape index (κ2) is 3.96. The van der Waals surface area contributed by atoms with Crippen LogP contribution in [0.4, 0.5) is 5.13 Å². The number of nitrogens with zero attached hydrogens (tertiary/aromatic N) is 2. The molecule has 1 aliphatic rings. The number of hydrogen-bond donors (Lipinski definition) is 0. The van der Waals surface area contributed by atoms with Crippen LogP contribution in [-0.4, -0.2) is 18.0 Å². The maximum atomic E-state index is 8.20. The van der Waals surface area contributed by atoms with Gasteiger partial charge in [0.15, 0.2) is 5.13 Å². The van der Waals surface area contributed by atoms with Crippen LogP contribution in [0, 0.1) is 5.89 Å². The van der Waals surface area contributed by atoms with E-state index in [1.165, 1.54) is 5.38 Å². The third-order valence-electron chi connectivity index (χ3n) is 1.23. The number of hydrogen-bond acceptors (Lipinski definition) is 3. The Labute approximate surface area is 108 Å². The van der Waals surface area contributed by atoms with E-state index < -0.39 is 43.6 Å². The van der Waals surface area contributed by atoms with E-state index in [2.05, 4.69) is 20.9 Å². The van der Waals surface area contributed by atoms with Gasteiger partial charge in [-0.2, -0.15) is 0 Å². The number of aromatic nitrogens is 1. The molecule has 1 atom stereocenters. The average Bonchev–Trinajstić information content (AvgIpc) is 2.79. The molecule has 1 unspecified atom stereocenters. The highest BCUT2D eigenvalue weighted by Crippen LogP contribution is 2.27. The van der Waals surface area contributed by atoms with Gasteiger partial charge in [-0.25, -0.2) is 4.98 Å². The third kappa shape index (κ3) is 2.23. The lowest BCUT2D eigenvalue weighted by molar-refractivity contribution is 0.446. The van der Waals surface area contributed by atoms with Gasteiger partial charge in [-0.15, -0.1) is 11.3 Å². The minimum absolute atomic E-state index is 0.121. The van der Waals surface area contributed by atoms with E-state index >= 15 is 0 Å². The molecule has 1 aliphatic heterocycles. The summed E-state index contributed by atoms with van der Waals surface area (Å²) in [6, 6.07) is 0. The van der Waals surface area contributed by atoms with Crippen molar-refractivity contribution >= 4 is 32.4 Å². The average molecular weight is 273 g/mol. The van der Waals surface area contributed by atoms with E-state index in [-0.39, 0.29) is 9.50 Å². The molecule has 1 aromatic rings. The zero-order valence-electron chi connectivity index (χ0n) is 18.3. The van der Waals surface area contributed by atoms with Gasteiger partial charge in [0.1, 0.15) is 4.60 Å². The molecular weight excluding hydrogens is 248 g/mol. The zero-order valence-corrected chi connectivity index (χ0v) is 8.66. The molecule has 1 aromatic heterocycles. The topological polar surface area (TPSA) is 16.1 Å². The largest absolute Gasteiger partial charge is 0.348 e. The van der Waals surface area contributed by atoms with Crippen LogP contribution in [-0.2, 0) is 0 Å². The maximum absolute atomic E-state index is 8.20. The van der Waals surface area contributed by atoms with Crippen LogP contribution in [0.15, 0.2) is 9.98 Å². The Bertz CT molecular complexity index is 684. The fraction of sp³-hybridized carbons (Fsp3) is 0.667. The lowest BCUT2D eigenvalue weighted by Gasteiger charge is -2.30. The lowest BCUT2D eigenvalue weighted by Crippen LogP contribution is -2.34. The number of halogens is 1. The van der Waals surface area contributed by atoms with Crippen molar-refractivity contribution in [3.63, 3.8) is 0 Å². The first kappa shape index (κ1) is 2.73. The van der Waals surface area contributed by atoms with E-state index in [0.717, 1.165) is 0 Å². The molecule has 1 fully saturated rings. The number of piperidine rings is 1. The number of rotatable bonds is 1. The summed E-state index contributed by atoms with van der Waals surface area (Å²) in [5.41, 5.74) is 0. The molecule has 0 aromatic carbocycles. The highest BCUT2D eigenvalue weighted by molar-refractivity contribution is 9.10. The summed E-state index contributed by atoms with van der Waals surface area (Å²) in [5, 5.41) is 0.934. The molecule has 0 saturated carbocycles. The Morgan fingerprint density at radius 1 is 2.00 bits per heavy atom. The number of thiazole rings is 1. The summed E-state index contributed by atoms with van der Waals surface area (Å²) >= 11 is 3.70. The van der Waals surface area contributed by atoms with Gasteiger partial charge < -0.3 is 4.90 Å². The van der Waals surface area contributed by atoms with E-state index in [1.807, 2.05) is 0 Å². The molecule has 0 radical (unpaired) electrons. The summed E-state index contributed by atoms with van der Waals surface area (Å²) in [6.45, 7) is -10.4. The van der Waals surface area contributed by atoms with E-state index in [4.69, 9.17) is 16.4 Å². The predicted octanol–water partition coefficient (Wildman–Crippen LogP) is 3.14. The first-order valence-corrected chi connectivity index (χ1v) is 4.96. The van der Waals surface area contributed by atoms with Crippen molar-refractivity contribution in [1.29, 1.82) is 0 Å². The standard InChI is InChI=1S/C9H13BrN2S/c1-7-3-2-4-12(5-7)9-11-8(10)6-13-9/h6-7H,2-5H2,1H3/i1D3,2D2,3D2,4D2,5D2,7D. The van der Waals surface area contributed by atoms with Crippen LogP contribution in [0.3, 0.4) is 0 Å². The minimum atomic E-state index is -3.69. The SMILES string of the molecule is [2H]C([2H])([2H])C1([2H])C([2H])([2H])N(c2nc(Br)cs2)C([2H])([2H])C([2H])([2H])C1([2H])[2H]. The van der Waals surface area contributed by atoms with Crippen molar-refractivity contribution in [3.05, 3.63) is 9.98 Å². The predicted molar refractivity (Wildman–Crippen MR) is 60.4 cm³/mol. The van der Waals surface area contributed by atoms with Crippen LogP contribution in [0.2, 0.25) is 0 Å². The van der Waals surface area contributed by atoms with E-state index in [9.17, 15) is 0 Å². The molecule has 4 heteroatoms. The molecule has 0 bridgehead atoms. The first-order valence-electron chi connectivity index (χ1n) is 9.29. The molecule has 2 rings (SSSR count). The van der Waals surface area contributed by atoms with E-state index in [0.29, 0.717) is 11.3 Å². The fourth-order valence-corrected chi connectivity index (χ4v) is 1.93. The van der Waals surface area contributed by atoms with Crippen LogP contribution in [0.1, 0.15) is 36.0 Å².